The van der Waals surface area contributed by atoms with E-state index in [1.54, 1.807) is 0 Å². The molecule has 21 heavy (non-hydrogen) atoms. The van der Waals surface area contributed by atoms with Crippen molar-refractivity contribution in [2.45, 2.75) is 20.0 Å². The molecule has 0 saturated carbocycles. The second kappa shape index (κ2) is 5.58. The van der Waals surface area contributed by atoms with Gasteiger partial charge >= 0.3 is 6.18 Å². The van der Waals surface area contributed by atoms with E-state index in [9.17, 15) is 22.8 Å². The predicted molar refractivity (Wildman–Crippen MR) is 67.8 cm³/mol. The molecule has 1 aromatic rings. The van der Waals surface area contributed by atoms with Crippen molar-refractivity contribution in [3.63, 3.8) is 0 Å². The standard InChI is InChI=1S/C12H14F3N3O3/c1-11(2,12(13,14)15)10(20)18-6-4-7(8(16)19)9(21-3)17-5-6/h4-5H,1-3H3,(H2,16,19)(H,18,20). The van der Waals surface area contributed by atoms with Crippen molar-refractivity contribution in [1.29, 1.82) is 0 Å². The number of pyridine rings is 1. The van der Waals surface area contributed by atoms with E-state index in [0.29, 0.717) is 0 Å². The molecule has 9 heteroatoms. The maximum Gasteiger partial charge on any atom is 0.402 e. The number of alkyl halides is 3. The molecule has 1 aromatic heterocycles. The van der Waals surface area contributed by atoms with Gasteiger partial charge < -0.3 is 15.8 Å². The van der Waals surface area contributed by atoms with Crippen LogP contribution in [0, 0.1) is 5.41 Å². The van der Waals surface area contributed by atoms with Crippen LogP contribution in [0.25, 0.3) is 0 Å². The Morgan fingerprint density at radius 1 is 1.33 bits per heavy atom. The molecule has 6 nitrogen and oxygen atoms in total. The number of hydrogen-bond acceptors (Lipinski definition) is 4. The zero-order valence-electron chi connectivity index (χ0n) is 11.5. The molecule has 0 bridgehead atoms. The van der Waals surface area contributed by atoms with Crippen LogP contribution in [0.15, 0.2) is 12.3 Å². The van der Waals surface area contributed by atoms with Crippen molar-refractivity contribution < 1.29 is 27.5 Å². The van der Waals surface area contributed by atoms with Gasteiger partial charge in [0.2, 0.25) is 11.8 Å². The van der Waals surface area contributed by atoms with Crippen molar-refractivity contribution in [2.75, 3.05) is 12.4 Å². The Hall–Kier alpha value is -2.32. The lowest BCUT2D eigenvalue weighted by atomic mass is 9.91. The number of aromatic nitrogens is 1. The molecule has 1 heterocycles. The number of nitrogens with one attached hydrogen (secondary N) is 1. The number of hydrogen-bond donors (Lipinski definition) is 2. The monoisotopic (exact) mass is 305 g/mol. The van der Waals surface area contributed by atoms with Crippen LogP contribution in [0.5, 0.6) is 5.88 Å². The minimum Gasteiger partial charge on any atom is -0.480 e. The summed E-state index contributed by atoms with van der Waals surface area (Å²) in [5, 5.41) is 2.05. The summed E-state index contributed by atoms with van der Waals surface area (Å²) >= 11 is 0. The number of ether oxygens (including phenoxy) is 1. The van der Waals surface area contributed by atoms with Gasteiger partial charge in [0.05, 0.1) is 19.0 Å². The fourth-order valence-electron chi connectivity index (χ4n) is 1.28. The molecule has 0 saturated heterocycles. The Morgan fingerprint density at radius 3 is 2.33 bits per heavy atom. The molecule has 3 N–H and O–H groups in total. The van der Waals surface area contributed by atoms with E-state index in [-0.39, 0.29) is 17.1 Å². The minimum absolute atomic E-state index is 0.0874. The number of halogens is 3. The van der Waals surface area contributed by atoms with Gasteiger partial charge in [-0.25, -0.2) is 4.98 Å². The minimum atomic E-state index is -4.72. The van der Waals surface area contributed by atoms with Crippen molar-refractivity contribution in [3.8, 4) is 5.88 Å². The Labute approximate surface area is 118 Å². The van der Waals surface area contributed by atoms with Crippen LogP contribution in [0.4, 0.5) is 18.9 Å². The second-order valence-electron chi connectivity index (χ2n) is 4.72. The first-order chi connectivity index (χ1) is 9.50. The topological polar surface area (TPSA) is 94.3 Å². The summed E-state index contributed by atoms with van der Waals surface area (Å²) in [7, 11) is 1.25. The van der Waals surface area contributed by atoms with Crippen LogP contribution < -0.4 is 15.8 Å². The quantitative estimate of drug-likeness (QED) is 0.885. The number of nitrogens with two attached hydrogens (primary N) is 1. The fourth-order valence-corrected chi connectivity index (χ4v) is 1.28. The van der Waals surface area contributed by atoms with Crippen molar-refractivity contribution in [2.24, 2.45) is 11.1 Å². The first kappa shape index (κ1) is 16.7. The van der Waals surface area contributed by atoms with E-state index in [1.165, 1.54) is 7.11 Å². The number of methoxy groups -OCH3 is 1. The highest BCUT2D eigenvalue weighted by Crippen LogP contribution is 2.38. The van der Waals surface area contributed by atoms with E-state index in [0.717, 1.165) is 26.1 Å². The first-order valence-corrected chi connectivity index (χ1v) is 5.72. The Morgan fingerprint density at radius 2 is 1.90 bits per heavy atom. The zero-order chi connectivity index (χ0) is 16.4. The Bertz CT molecular complexity index is 571. The largest absolute Gasteiger partial charge is 0.480 e. The number of nitrogens with zero attached hydrogens (tertiary/aromatic N) is 1. The second-order valence-corrected chi connectivity index (χ2v) is 4.72. The summed E-state index contributed by atoms with van der Waals surface area (Å²) in [6.07, 6.45) is -3.65. The lowest BCUT2D eigenvalue weighted by Crippen LogP contribution is -2.43. The Kier molecular flexibility index (Phi) is 4.45. The number of rotatable bonds is 4. The molecule has 0 aromatic carbocycles. The summed E-state index contributed by atoms with van der Waals surface area (Å²) in [5.74, 6) is -2.25. The highest BCUT2D eigenvalue weighted by Gasteiger charge is 2.52. The van der Waals surface area contributed by atoms with Gasteiger partial charge in [-0.3, -0.25) is 9.59 Å². The maximum absolute atomic E-state index is 12.7. The van der Waals surface area contributed by atoms with Gasteiger partial charge in [0, 0.05) is 0 Å². The average molecular weight is 305 g/mol. The molecule has 0 atom stereocenters. The molecule has 0 aliphatic rings. The maximum atomic E-state index is 12.7. The van der Waals surface area contributed by atoms with E-state index >= 15 is 0 Å². The van der Waals surface area contributed by atoms with Crippen LogP contribution in [-0.2, 0) is 4.79 Å². The van der Waals surface area contributed by atoms with Crippen LogP contribution in [0.1, 0.15) is 24.2 Å². The fraction of sp³-hybridized carbons (Fsp3) is 0.417. The van der Waals surface area contributed by atoms with Gasteiger partial charge in [-0.15, -0.1) is 0 Å². The van der Waals surface area contributed by atoms with Crippen LogP contribution in [-0.4, -0.2) is 30.1 Å². The number of carbonyl (C=O) groups excluding carboxylic acids is 2. The summed E-state index contributed by atoms with van der Waals surface area (Å²) in [6, 6.07) is 1.10. The van der Waals surface area contributed by atoms with Crippen LogP contribution in [0.3, 0.4) is 0 Å². The number of amides is 2. The summed E-state index contributed by atoms with van der Waals surface area (Å²) in [5.41, 5.74) is 2.25. The van der Waals surface area contributed by atoms with Gasteiger partial charge in [-0.05, 0) is 19.9 Å². The van der Waals surface area contributed by atoms with Gasteiger partial charge in [-0.2, -0.15) is 13.2 Å². The lowest BCUT2D eigenvalue weighted by Gasteiger charge is -2.26. The number of primary amides is 1. The van der Waals surface area contributed by atoms with Crippen molar-refractivity contribution in [1.82, 2.24) is 4.98 Å². The van der Waals surface area contributed by atoms with Crippen LogP contribution >= 0.6 is 0 Å². The van der Waals surface area contributed by atoms with Crippen molar-refractivity contribution in [3.05, 3.63) is 17.8 Å². The molecule has 0 unspecified atom stereocenters. The number of carbonyl (C=O) groups is 2. The SMILES string of the molecule is COc1ncc(NC(=O)C(C)(C)C(F)(F)F)cc1C(N)=O. The van der Waals surface area contributed by atoms with E-state index in [1.807, 2.05) is 0 Å². The lowest BCUT2D eigenvalue weighted by molar-refractivity contribution is -0.208. The molecule has 0 radical (unpaired) electrons. The highest BCUT2D eigenvalue weighted by atomic mass is 19.4. The summed E-state index contributed by atoms with van der Waals surface area (Å²) in [6.45, 7) is 1.49. The van der Waals surface area contributed by atoms with Crippen LogP contribution in [0.2, 0.25) is 0 Å². The average Bonchev–Trinajstić information content (AvgIpc) is 2.37. The molecular weight excluding hydrogens is 291 g/mol. The van der Waals surface area contributed by atoms with Gasteiger partial charge in [0.25, 0.3) is 5.91 Å². The highest BCUT2D eigenvalue weighted by molar-refractivity contribution is 5.99. The first-order valence-electron chi connectivity index (χ1n) is 5.72. The summed E-state index contributed by atoms with van der Waals surface area (Å²) < 4.78 is 43.0. The van der Waals surface area contributed by atoms with E-state index < -0.39 is 23.4 Å². The molecule has 0 aliphatic heterocycles. The molecule has 0 spiro atoms. The molecule has 116 valence electrons. The Balaban J connectivity index is 3.07. The number of anilines is 1. The van der Waals surface area contributed by atoms with Gasteiger partial charge in [0.1, 0.15) is 11.0 Å². The predicted octanol–water partition coefficient (Wildman–Crippen LogP) is 1.72. The third-order valence-electron chi connectivity index (χ3n) is 2.84. The summed E-state index contributed by atoms with van der Waals surface area (Å²) in [4.78, 5) is 26.6. The zero-order valence-corrected chi connectivity index (χ0v) is 11.5. The van der Waals surface area contributed by atoms with Crippen molar-refractivity contribution >= 4 is 17.5 Å². The van der Waals surface area contributed by atoms with E-state index in [2.05, 4.69) is 10.3 Å². The van der Waals surface area contributed by atoms with Gasteiger partial charge in [-0.1, -0.05) is 0 Å². The molecular formula is C12H14F3N3O3. The molecule has 2 amide bonds. The molecule has 1 rings (SSSR count). The third kappa shape index (κ3) is 3.41. The normalized spacial score (nSPS) is 11.9. The van der Waals surface area contributed by atoms with E-state index in [4.69, 9.17) is 10.5 Å². The third-order valence-corrected chi connectivity index (χ3v) is 2.84. The van der Waals surface area contributed by atoms with Gasteiger partial charge in [0.15, 0.2) is 0 Å². The smallest absolute Gasteiger partial charge is 0.402 e. The molecule has 0 aliphatic carbocycles. The molecule has 0 fully saturated rings.